The summed E-state index contributed by atoms with van der Waals surface area (Å²) in [5.41, 5.74) is 14.6. The van der Waals surface area contributed by atoms with Gasteiger partial charge < -0.3 is 8.98 Å². The molecule has 0 saturated carbocycles. The summed E-state index contributed by atoms with van der Waals surface area (Å²) in [6, 6.07) is 81.9. The predicted octanol–water partition coefficient (Wildman–Crippen LogP) is 17.2. The van der Waals surface area contributed by atoms with Crippen molar-refractivity contribution >= 4 is 75.3 Å². The van der Waals surface area contributed by atoms with E-state index in [2.05, 4.69) is 180 Å². The standard InChI is InChI=1S/C63H38N4OS/c1-3-14-39(15-4-1)42-30-33-55-54(36-42)53-25-13-24-48(44-19-11-18-41(34-44)43-28-32-52-51-23-8-10-27-58(51)69-59(52)38-43)60(53)67(55)47-21-12-20-45(35-47)62-64-61(40-16-5-2-6-17-40)65-63(66-62)46-29-31-50-49-22-7-9-26-56(49)68-57(50)37-46/h1-38H. The molecule has 4 aromatic heterocycles. The quantitative estimate of drug-likeness (QED) is 0.160. The van der Waals surface area contributed by atoms with Gasteiger partial charge in [0.15, 0.2) is 17.5 Å². The molecule has 0 N–H and O–H groups in total. The zero-order chi connectivity index (χ0) is 45.4. The Morgan fingerprint density at radius 2 is 0.884 bits per heavy atom. The van der Waals surface area contributed by atoms with Crippen LogP contribution in [0.2, 0.25) is 0 Å². The molecule has 0 unspecified atom stereocenters. The van der Waals surface area contributed by atoms with Crippen LogP contribution in [0.5, 0.6) is 0 Å². The van der Waals surface area contributed by atoms with Crippen molar-refractivity contribution < 1.29 is 4.42 Å². The molecule has 0 aliphatic heterocycles. The van der Waals surface area contributed by atoms with Crippen molar-refractivity contribution in [1.29, 1.82) is 0 Å². The number of hydrogen-bond donors (Lipinski definition) is 0. The van der Waals surface area contributed by atoms with Crippen LogP contribution in [0, 0.1) is 0 Å². The van der Waals surface area contributed by atoms with E-state index in [1.807, 2.05) is 65.9 Å². The predicted molar refractivity (Wildman–Crippen MR) is 287 cm³/mol. The minimum atomic E-state index is 0.575. The summed E-state index contributed by atoms with van der Waals surface area (Å²) in [6.07, 6.45) is 0. The molecular weight excluding hydrogens is 861 g/mol. The lowest BCUT2D eigenvalue weighted by molar-refractivity contribution is 0.669. The van der Waals surface area contributed by atoms with Crippen molar-refractivity contribution in [3.8, 4) is 73.2 Å². The van der Waals surface area contributed by atoms with Gasteiger partial charge in [-0.3, -0.25) is 0 Å². The Kier molecular flexibility index (Phi) is 9.00. The van der Waals surface area contributed by atoms with Gasteiger partial charge >= 0.3 is 0 Å². The first-order valence-corrected chi connectivity index (χ1v) is 24.0. The Hall–Kier alpha value is -8.97. The molecule has 0 fully saturated rings. The van der Waals surface area contributed by atoms with E-state index < -0.39 is 0 Å². The Morgan fingerprint density at radius 3 is 1.74 bits per heavy atom. The summed E-state index contributed by atoms with van der Waals surface area (Å²) in [7, 11) is 0. The second kappa shape index (κ2) is 15.8. The topological polar surface area (TPSA) is 56.7 Å². The lowest BCUT2D eigenvalue weighted by Crippen LogP contribution is -2.01. The van der Waals surface area contributed by atoms with Gasteiger partial charge in [0.2, 0.25) is 0 Å². The van der Waals surface area contributed by atoms with Crippen molar-refractivity contribution in [2.75, 3.05) is 0 Å². The van der Waals surface area contributed by atoms with Gasteiger partial charge in [0.25, 0.3) is 0 Å². The number of rotatable bonds is 7. The van der Waals surface area contributed by atoms with E-state index in [0.29, 0.717) is 17.5 Å². The number of benzene rings is 10. The van der Waals surface area contributed by atoms with E-state index in [-0.39, 0.29) is 0 Å². The number of hydrogen-bond acceptors (Lipinski definition) is 5. The van der Waals surface area contributed by atoms with Crippen molar-refractivity contribution in [1.82, 2.24) is 19.5 Å². The average Bonchev–Trinajstić information content (AvgIpc) is 4.10. The van der Waals surface area contributed by atoms with Crippen LogP contribution in [0.15, 0.2) is 235 Å². The summed E-state index contributed by atoms with van der Waals surface area (Å²) >= 11 is 1.85. The molecule has 6 heteroatoms. The molecule has 0 bridgehead atoms. The van der Waals surface area contributed by atoms with E-state index in [1.54, 1.807) is 0 Å². The zero-order valence-electron chi connectivity index (χ0n) is 37.0. The first-order valence-electron chi connectivity index (χ1n) is 23.2. The number of fused-ring (bicyclic) bond motifs is 9. The van der Waals surface area contributed by atoms with E-state index in [0.717, 1.165) is 66.5 Å². The van der Waals surface area contributed by atoms with Crippen LogP contribution >= 0.6 is 11.3 Å². The zero-order valence-corrected chi connectivity index (χ0v) is 37.9. The van der Waals surface area contributed by atoms with Gasteiger partial charge in [-0.25, -0.2) is 15.0 Å². The van der Waals surface area contributed by atoms with Crippen molar-refractivity contribution in [3.05, 3.63) is 231 Å². The molecule has 5 nitrogen and oxygen atoms in total. The van der Waals surface area contributed by atoms with Crippen LogP contribution in [0.4, 0.5) is 0 Å². The van der Waals surface area contributed by atoms with Crippen LogP contribution in [0.25, 0.3) is 137 Å². The molecule has 0 spiro atoms. The molecular formula is C63H38N4OS. The van der Waals surface area contributed by atoms with E-state index in [9.17, 15) is 0 Å². The molecule has 14 aromatic rings. The Labute approximate surface area is 400 Å². The number of aromatic nitrogens is 4. The second-order valence-electron chi connectivity index (χ2n) is 17.6. The highest BCUT2D eigenvalue weighted by atomic mass is 32.1. The maximum atomic E-state index is 6.33. The number of nitrogens with zero attached hydrogens (tertiary/aromatic N) is 4. The van der Waals surface area contributed by atoms with E-state index in [4.69, 9.17) is 19.4 Å². The van der Waals surface area contributed by atoms with Gasteiger partial charge in [-0.2, -0.15) is 0 Å². The minimum absolute atomic E-state index is 0.575. The average molecular weight is 899 g/mol. The van der Waals surface area contributed by atoms with Crippen LogP contribution in [0.1, 0.15) is 0 Å². The smallest absolute Gasteiger partial charge is 0.164 e. The molecule has 0 aliphatic rings. The van der Waals surface area contributed by atoms with Gasteiger partial charge in [0, 0.05) is 69.7 Å². The van der Waals surface area contributed by atoms with Gasteiger partial charge in [0.1, 0.15) is 11.2 Å². The molecule has 322 valence electrons. The Morgan fingerprint density at radius 1 is 0.319 bits per heavy atom. The largest absolute Gasteiger partial charge is 0.456 e. The van der Waals surface area contributed by atoms with Crippen LogP contribution in [-0.4, -0.2) is 19.5 Å². The molecule has 4 heterocycles. The molecule has 0 radical (unpaired) electrons. The highest BCUT2D eigenvalue weighted by molar-refractivity contribution is 7.25. The molecule has 69 heavy (non-hydrogen) atoms. The van der Waals surface area contributed by atoms with E-state index in [1.165, 1.54) is 53.2 Å². The summed E-state index contributed by atoms with van der Waals surface area (Å²) in [4.78, 5) is 15.5. The number of thiophene rings is 1. The lowest BCUT2D eigenvalue weighted by Gasteiger charge is -2.14. The Balaban J connectivity index is 0.949. The third kappa shape index (κ3) is 6.64. The summed E-state index contributed by atoms with van der Waals surface area (Å²) < 4.78 is 11.4. The third-order valence-corrected chi connectivity index (χ3v) is 14.6. The minimum Gasteiger partial charge on any atom is -0.456 e. The maximum absolute atomic E-state index is 6.33. The third-order valence-electron chi connectivity index (χ3n) is 13.4. The highest BCUT2D eigenvalue weighted by Crippen LogP contribution is 2.42. The fourth-order valence-electron chi connectivity index (χ4n) is 10.2. The number of para-hydroxylation sites is 2. The highest BCUT2D eigenvalue weighted by Gasteiger charge is 2.20. The monoisotopic (exact) mass is 898 g/mol. The van der Waals surface area contributed by atoms with Gasteiger partial charge in [-0.15, -0.1) is 11.3 Å². The molecule has 0 atom stereocenters. The number of furan rings is 1. The molecule has 0 aliphatic carbocycles. The van der Waals surface area contributed by atoms with Gasteiger partial charge in [-0.1, -0.05) is 170 Å². The lowest BCUT2D eigenvalue weighted by atomic mass is 9.96. The molecule has 0 saturated heterocycles. The van der Waals surface area contributed by atoms with Crippen molar-refractivity contribution in [2.24, 2.45) is 0 Å². The normalized spacial score (nSPS) is 11.8. The summed E-state index contributed by atoms with van der Waals surface area (Å²) in [6.45, 7) is 0. The van der Waals surface area contributed by atoms with Crippen LogP contribution in [-0.2, 0) is 0 Å². The van der Waals surface area contributed by atoms with Gasteiger partial charge in [0.05, 0.1) is 11.0 Å². The van der Waals surface area contributed by atoms with E-state index >= 15 is 0 Å². The summed E-state index contributed by atoms with van der Waals surface area (Å²) in [5, 5.41) is 7.11. The Bertz CT molecular complexity index is 4320. The maximum Gasteiger partial charge on any atom is 0.164 e. The summed E-state index contributed by atoms with van der Waals surface area (Å²) in [5.74, 6) is 1.76. The van der Waals surface area contributed by atoms with Crippen LogP contribution in [0.3, 0.4) is 0 Å². The second-order valence-corrected chi connectivity index (χ2v) is 18.6. The first kappa shape index (κ1) is 39.2. The fourth-order valence-corrected chi connectivity index (χ4v) is 11.3. The first-order chi connectivity index (χ1) is 34.2. The molecule has 10 aromatic carbocycles. The van der Waals surface area contributed by atoms with Crippen molar-refractivity contribution in [2.45, 2.75) is 0 Å². The van der Waals surface area contributed by atoms with Crippen LogP contribution < -0.4 is 0 Å². The molecule has 0 amide bonds. The van der Waals surface area contributed by atoms with Crippen molar-refractivity contribution in [3.63, 3.8) is 0 Å². The SMILES string of the molecule is c1ccc(-c2ccc3c(c2)c2cccc(-c4cccc(-c5ccc6c(c5)sc5ccccc56)c4)c2n3-c2cccc(-c3nc(-c4ccccc4)nc(-c4ccc5c(c4)oc4ccccc45)n3)c2)cc1. The molecule has 14 rings (SSSR count). The fraction of sp³-hybridized carbons (Fsp3) is 0. The van der Waals surface area contributed by atoms with Gasteiger partial charge in [-0.05, 0) is 88.5 Å².